The first-order valence-corrected chi connectivity index (χ1v) is 8.66. The number of benzene rings is 3. The summed E-state index contributed by atoms with van der Waals surface area (Å²) in [6.45, 7) is 0. The monoisotopic (exact) mass is 387 g/mol. The highest BCUT2D eigenvalue weighted by Crippen LogP contribution is 2.23. The number of carbonyl (C=O) groups is 2. The molecule has 2 N–H and O–H groups in total. The molecule has 3 rings (SSSR count). The van der Waals surface area contributed by atoms with Gasteiger partial charge in [0.25, 0.3) is 5.91 Å². The zero-order valence-electron chi connectivity index (χ0n) is 13.6. The molecule has 0 aliphatic carbocycles. The molecule has 3 aromatic rings. The van der Waals surface area contributed by atoms with Gasteiger partial charge in [-0.2, -0.15) is 0 Å². The Morgan fingerprint density at radius 3 is 2.46 bits per heavy atom. The molecule has 0 spiro atoms. The van der Waals surface area contributed by atoms with Gasteiger partial charge in [-0.1, -0.05) is 65.7 Å². The normalized spacial score (nSPS) is 11.9. The Bertz CT molecular complexity index is 982. The molecule has 0 aliphatic heterocycles. The highest BCUT2D eigenvalue weighted by Gasteiger charge is 2.23. The molecule has 0 saturated heterocycles. The Labute approximate surface area is 160 Å². The molecule has 6 heteroatoms. The number of aliphatic carboxylic acids is 1. The van der Waals surface area contributed by atoms with Gasteiger partial charge in [-0.15, -0.1) is 0 Å². The van der Waals surface area contributed by atoms with E-state index in [1.54, 1.807) is 30.3 Å². The van der Waals surface area contributed by atoms with Gasteiger partial charge in [-0.05, 0) is 34.5 Å². The van der Waals surface area contributed by atoms with Gasteiger partial charge in [0, 0.05) is 22.0 Å². The predicted molar refractivity (Wildman–Crippen MR) is 103 cm³/mol. The predicted octanol–water partition coefficient (Wildman–Crippen LogP) is 4.57. The molecule has 4 nitrogen and oxygen atoms in total. The maximum atomic E-state index is 12.7. The van der Waals surface area contributed by atoms with Crippen LogP contribution in [0.25, 0.3) is 10.8 Å². The molecule has 0 radical (unpaired) electrons. The molecule has 1 amide bonds. The van der Waals surface area contributed by atoms with Gasteiger partial charge in [0.1, 0.15) is 6.04 Å². The summed E-state index contributed by atoms with van der Waals surface area (Å²) in [6, 6.07) is 16.5. The van der Waals surface area contributed by atoms with Gasteiger partial charge < -0.3 is 10.4 Å². The Hall–Kier alpha value is -2.56. The average Bonchev–Trinajstić information content (AvgIpc) is 2.62. The van der Waals surface area contributed by atoms with Gasteiger partial charge in [0.05, 0.1) is 0 Å². The van der Waals surface area contributed by atoms with E-state index in [0.717, 1.165) is 10.8 Å². The second kappa shape index (κ2) is 7.77. The van der Waals surface area contributed by atoms with Crippen LogP contribution in [-0.2, 0) is 11.2 Å². The van der Waals surface area contributed by atoms with Crippen LogP contribution in [0.2, 0.25) is 10.0 Å². The number of carbonyl (C=O) groups excluding carboxylic acids is 1. The van der Waals surface area contributed by atoms with Crippen molar-refractivity contribution in [2.75, 3.05) is 0 Å². The van der Waals surface area contributed by atoms with E-state index in [2.05, 4.69) is 5.32 Å². The van der Waals surface area contributed by atoms with E-state index in [1.807, 2.05) is 30.3 Å². The van der Waals surface area contributed by atoms with Gasteiger partial charge in [-0.3, -0.25) is 4.79 Å². The third kappa shape index (κ3) is 3.98. The van der Waals surface area contributed by atoms with Crippen LogP contribution in [0.5, 0.6) is 0 Å². The summed E-state index contributed by atoms with van der Waals surface area (Å²) < 4.78 is 0. The zero-order chi connectivity index (χ0) is 18.7. The van der Waals surface area contributed by atoms with Gasteiger partial charge in [0.2, 0.25) is 0 Å². The summed E-state index contributed by atoms with van der Waals surface area (Å²) in [5, 5.41) is 14.6. The Balaban J connectivity index is 1.85. The van der Waals surface area contributed by atoms with Crippen molar-refractivity contribution in [2.45, 2.75) is 12.5 Å². The van der Waals surface area contributed by atoms with Crippen LogP contribution in [0, 0.1) is 0 Å². The fraction of sp³-hybridized carbons (Fsp3) is 0.100. The van der Waals surface area contributed by atoms with Crippen molar-refractivity contribution < 1.29 is 14.7 Å². The molecule has 0 unspecified atom stereocenters. The van der Waals surface area contributed by atoms with Crippen molar-refractivity contribution in [3.8, 4) is 0 Å². The largest absolute Gasteiger partial charge is 0.480 e. The number of hydrogen-bond acceptors (Lipinski definition) is 2. The number of halogens is 2. The molecule has 0 fully saturated rings. The second-order valence-electron chi connectivity index (χ2n) is 5.83. The molecular formula is C20H15Cl2NO3. The van der Waals surface area contributed by atoms with Crippen LogP contribution in [0.1, 0.15) is 15.9 Å². The summed E-state index contributed by atoms with van der Waals surface area (Å²) in [5.41, 5.74) is 1.03. The standard InChI is InChI=1S/C20H15Cl2NO3/c21-14-9-8-13(17(22)11-14)10-18(20(25)26)23-19(24)16-7-3-5-12-4-1-2-6-15(12)16/h1-9,11,18H,10H2,(H,23,24)(H,25,26)/t18-/m0/s1. The Morgan fingerprint density at radius 1 is 1.00 bits per heavy atom. The molecule has 3 aromatic carbocycles. The molecule has 1 atom stereocenters. The molecule has 0 heterocycles. The Kier molecular flexibility index (Phi) is 5.45. The number of carboxylic acid groups (broad SMARTS) is 1. The van der Waals surface area contributed by atoms with Crippen LogP contribution in [0.15, 0.2) is 60.7 Å². The van der Waals surface area contributed by atoms with E-state index in [0.29, 0.717) is 21.2 Å². The summed E-state index contributed by atoms with van der Waals surface area (Å²) in [5.74, 6) is -1.58. The maximum absolute atomic E-state index is 12.7. The zero-order valence-corrected chi connectivity index (χ0v) is 15.1. The lowest BCUT2D eigenvalue weighted by Gasteiger charge is -2.16. The SMILES string of the molecule is O=C(N[C@@H](Cc1ccc(Cl)cc1Cl)C(=O)O)c1cccc2ccccc12. The maximum Gasteiger partial charge on any atom is 0.326 e. The average molecular weight is 388 g/mol. The second-order valence-corrected chi connectivity index (χ2v) is 6.67. The fourth-order valence-corrected chi connectivity index (χ4v) is 3.25. The molecule has 0 saturated carbocycles. The van der Waals surface area contributed by atoms with E-state index in [1.165, 1.54) is 0 Å². The van der Waals surface area contributed by atoms with Crippen LogP contribution < -0.4 is 5.32 Å². The van der Waals surface area contributed by atoms with E-state index in [9.17, 15) is 14.7 Å². The molecule has 0 bridgehead atoms. The smallest absolute Gasteiger partial charge is 0.326 e. The summed E-state index contributed by atoms with van der Waals surface area (Å²) in [4.78, 5) is 24.3. The summed E-state index contributed by atoms with van der Waals surface area (Å²) in [7, 11) is 0. The van der Waals surface area contributed by atoms with E-state index >= 15 is 0 Å². The first-order valence-electron chi connectivity index (χ1n) is 7.91. The fourth-order valence-electron chi connectivity index (χ4n) is 2.77. The van der Waals surface area contributed by atoms with Crippen molar-refractivity contribution in [2.24, 2.45) is 0 Å². The van der Waals surface area contributed by atoms with Crippen molar-refractivity contribution in [3.63, 3.8) is 0 Å². The highest BCUT2D eigenvalue weighted by molar-refractivity contribution is 6.35. The van der Waals surface area contributed by atoms with E-state index in [-0.39, 0.29) is 6.42 Å². The van der Waals surface area contributed by atoms with Gasteiger partial charge in [-0.25, -0.2) is 4.79 Å². The highest BCUT2D eigenvalue weighted by atomic mass is 35.5. The van der Waals surface area contributed by atoms with Crippen LogP contribution in [0.3, 0.4) is 0 Å². The summed E-state index contributed by atoms with van der Waals surface area (Å²) >= 11 is 12.0. The van der Waals surface area contributed by atoms with Crippen molar-refractivity contribution >= 4 is 45.9 Å². The lowest BCUT2D eigenvalue weighted by atomic mass is 10.0. The first-order chi connectivity index (χ1) is 12.5. The lowest BCUT2D eigenvalue weighted by molar-refractivity contribution is -0.139. The number of hydrogen-bond donors (Lipinski definition) is 2. The minimum absolute atomic E-state index is 0.0574. The molecule has 0 aliphatic rings. The van der Waals surface area contributed by atoms with Crippen molar-refractivity contribution in [1.29, 1.82) is 0 Å². The van der Waals surface area contributed by atoms with Crippen LogP contribution in [0.4, 0.5) is 0 Å². The van der Waals surface area contributed by atoms with E-state index in [4.69, 9.17) is 23.2 Å². The number of rotatable bonds is 5. The van der Waals surface area contributed by atoms with Gasteiger partial charge >= 0.3 is 5.97 Å². The van der Waals surface area contributed by atoms with Crippen molar-refractivity contribution in [3.05, 3.63) is 81.8 Å². The number of amides is 1. The Morgan fingerprint density at radius 2 is 1.73 bits per heavy atom. The van der Waals surface area contributed by atoms with E-state index < -0.39 is 17.9 Å². The third-order valence-electron chi connectivity index (χ3n) is 4.08. The van der Waals surface area contributed by atoms with Crippen LogP contribution >= 0.6 is 23.2 Å². The quantitative estimate of drug-likeness (QED) is 0.673. The third-order valence-corrected chi connectivity index (χ3v) is 4.66. The number of carboxylic acids is 1. The molecule has 26 heavy (non-hydrogen) atoms. The van der Waals surface area contributed by atoms with Crippen LogP contribution in [-0.4, -0.2) is 23.0 Å². The topological polar surface area (TPSA) is 66.4 Å². The lowest BCUT2D eigenvalue weighted by Crippen LogP contribution is -2.42. The molecule has 0 aromatic heterocycles. The molecule has 132 valence electrons. The van der Waals surface area contributed by atoms with Gasteiger partial charge in [0.15, 0.2) is 0 Å². The minimum atomic E-state index is -1.13. The first kappa shape index (κ1) is 18.2. The number of nitrogens with one attached hydrogen (secondary N) is 1. The van der Waals surface area contributed by atoms with Crippen molar-refractivity contribution in [1.82, 2.24) is 5.32 Å². The minimum Gasteiger partial charge on any atom is -0.480 e. The number of fused-ring (bicyclic) bond motifs is 1. The summed E-state index contributed by atoms with van der Waals surface area (Å²) in [6.07, 6.45) is 0.0574. The molecular weight excluding hydrogens is 373 g/mol.